The first-order valence-electron chi connectivity index (χ1n) is 8.06. The quantitative estimate of drug-likeness (QED) is 0.407. The average Bonchev–Trinajstić information content (AvgIpc) is 2.74. The first-order chi connectivity index (χ1) is 10.1. The molecule has 0 bridgehead atoms. The van der Waals surface area contributed by atoms with Crippen LogP contribution < -0.4 is 16.8 Å². The highest BCUT2D eigenvalue weighted by Crippen LogP contribution is 2.30. The van der Waals surface area contributed by atoms with Crippen LogP contribution in [0.1, 0.15) is 51.4 Å². The Hall–Kier alpha value is -1.30. The number of hydrogen-bond donors (Lipinski definition) is 3. The number of nitrogens with one attached hydrogen (secondary N) is 1. The first-order valence-corrected chi connectivity index (χ1v) is 8.06. The summed E-state index contributed by atoms with van der Waals surface area (Å²) in [7, 11) is 0. The predicted molar refractivity (Wildman–Crippen MR) is 82.8 cm³/mol. The molecular formula is C15H28N4O2. The van der Waals surface area contributed by atoms with Crippen LogP contribution in [-0.2, 0) is 9.53 Å². The SMILES string of the molecule is NC(=O)C1(CN=C(N)NC2CCCCCC2)CCOCC1. The molecule has 1 amide bonds. The lowest BCUT2D eigenvalue weighted by molar-refractivity contribution is -0.132. The molecule has 0 spiro atoms. The van der Waals surface area contributed by atoms with Gasteiger partial charge in [-0.2, -0.15) is 0 Å². The molecular weight excluding hydrogens is 268 g/mol. The van der Waals surface area contributed by atoms with Gasteiger partial charge in [-0.25, -0.2) is 0 Å². The van der Waals surface area contributed by atoms with Crippen molar-refractivity contribution in [1.82, 2.24) is 5.32 Å². The van der Waals surface area contributed by atoms with E-state index in [1.807, 2.05) is 0 Å². The van der Waals surface area contributed by atoms with Gasteiger partial charge in [0.05, 0.1) is 12.0 Å². The van der Waals surface area contributed by atoms with Gasteiger partial charge in [-0.05, 0) is 25.7 Å². The standard InChI is InChI=1S/C15H28N4O2/c16-13(20)15(7-9-21-10-8-15)11-18-14(17)19-12-5-3-1-2-4-6-12/h12H,1-11H2,(H2,16,20)(H3,17,18,19). The van der Waals surface area contributed by atoms with E-state index < -0.39 is 5.41 Å². The van der Waals surface area contributed by atoms with Crippen molar-refractivity contribution < 1.29 is 9.53 Å². The molecule has 0 radical (unpaired) electrons. The van der Waals surface area contributed by atoms with Crippen LogP contribution in [0.3, 0.4) is 0 Å². The van der Waals surface area contributed by atoms with Gasteiger partial charge in [-0.3, -0.25) is 9.79 Å². The molecule has 0 aromatic heterocycles. The molecule has 6 nitrogen and oxygen atoms in total. The highest BCUT2D eigenvalue weighted by molar-refractivity contribution is 5.82. The minimum absolute atomic E-state index is 0.295. The van der Waals surface area contributed by atoms with Gasteiger partial charge in [0.25, 0.3) is 0 Å². The van der Waals surface area contributed by atoms with E-state index in [1.54, 1.807) is 0 Å². The van der Waals surface area contributed by atoms with E-state index in [4.69, 9.17) is 16.2 Å². The Balaban J connectivity index is 1.89. The third-order valence-electron chi connectivity index (χ3n) is 4.73. The second-order valence-corrected chi connectivity index (χ2v) is 6.29. The molecule has 1 heterocycles. The van der Waals surface area contributed by atoms with Crippen LogP contribution in [0.4, 0.5) is 0 Å². The van der Waals surface area contributed by atoms with Crippen LogP contribution in [0, 0.1) is 5.41 Å². The van der Waals surface area contributed by atoms with Crippen molar-refractivity contribution in [3.63, 3.8) is 0 Å². The van der Waals surface area contributed by atoms with Crippen molar-refractivity contribution in [1.29, 1.82) is 0 Å². The molecule has 21 heavy (non-hydrogen) atoms. The molecule has 2 fully saturated rings. The number of carbonyl (C=O) groups is 1. The zero-order chi connectivity index (χ0) is 15.1. The summed E-state index contributed by atoms with van der Waals surface area (Å²) in [6.07, 6.45) is 8.64. The van der Waals surface area contributed by atoms with Crippen molar-refractivity contribution in [2.45, 2.75) is 57.4 Å². The van der Waals surface area contributed by atoms with Gasteiger partial charge in [0, 0.05) is 19.3 Å². The van der Waals surface area contributed by atoms with Crippen LogP contribution in [-0.4, -0.2) is 37.7 Å². The van der Waals surface area contributed by atoms with Crippen LogP contribution in [0.25, 0.3) is 0 Å². The highest BCUT2D eigenvalue weighted by Gasteiger charge is 2.38. The minimum atomic E-state index is -0.589. The zero-order valence-electron chi connectivity index (χ0n) is 12.8. The van der Waals surface area contributed by atoms with Crippen molar-refractivity contribution in [3.05, 3.63) is 0 Å². The monoisotopic (exact) mass is 296 g/mol. The first kappa shape index (κ1) is 16.1. The fourth-order valence-electron chi connectivity index (χ4n) is 3.16. The summed E-state index contributed by atoms with van der Waals surface area (Å²) in [4.78, 5) is 16.2. The maximum atomic E-state index is 11.8. The Morgan fingerprint density at radius 2 is 1.76 bits per heavy atom. The van der Waals surface area contributed by atoms with Crippen molar-refractivity contribution >= 4 is 11.9 Å². The summed E-state index contributed by atoms with van der Waals surface area (Å²) in [5.74, 6) is 0.144. The molecule has 0 unspecified atom stereocenters. The smallest absolute Gasteiger partial charge is 0.225 e. The van der Waals surface area contributed by atoms with E-state index in [1.165, 1.54) is 25.7 Å². The number of nitrogens with zero attached hydrogens (tertiary/aromatic N) is 1. The molecule has 1 aliphatic carbocycles. The molecule has 6 heteroatoms. The zero-order valence-corrected chi connectivity index (χ0v) is 12.8. The van der Waals surface area contributed by atoms with Crippen molar-refractivity contribution in [2.24, 2.45) is 21.9 Å². The van der Waals surface area contributed by atoms with Gasteiger partial charge in [0.1, 0.15) is 0 Å². The number of guanidine groups is 1. The lowest BCUT2D eigenvalue weighted by atomic mass is 9.79. The molecule has 5 N–H and O–H groups in total. The number of nitrogens with two attached hydrogens (primary N) is 2. The molecule has 0 aromatic carbocycles. The summed E-state index contributed by atoms with van der Waals surface area (Å²) in [6, 6.07) is 0.412. The van der Waals surface area contributed by atoms with Crippen LogP contribution in [0.5, 0.6) is 0 Å². The minimum Gasteiger partial charge on any atom is -0.381 e. The summed E-state index contributed by atoms with van der Waals surface area (Å²) >= 11 is 0. The predicted octanol–water partition coefficient (Wildman–Crippen LogP) is 0.896. The van der Waals surface area contributed by atoms with Gasteiger partial charge < -0.3 is 21.5 Å². The number of primary amides is 1. The van der Waals surface area contributed by atoms with Crippen LogP contribution >= 0.6 is 0 Å². The van der Waals surface area contributed by atoms with Gasteiger partial charge in [-0.15, -0.1) is 0 Å². The summed E-state index contributed by atoms with van der Waals surface area (Å²) in [6.45, 7) is 1.49. The van der Waals surface area contributed by atoms with E-state index in [9.17, 15) is 4.79 Å². The highest BCUT2D eigenvalue weighted by atomic mass is 16.5. The van der Waals surface area contributed by atoms with Gasteiger partial charge in [-0.1, -0.05) is 25.7 Å². The van der Waals surface area contributed by atoms with Crippen molar-refractivity contribution in [2.75, 3.05) is 19.8 Å². The second kappa shape index (κ2) is 7.64. The van der Waals surface area contributed by atoms with E-state index >= 15 is 0 Å². The van der Waals surface area contributed by atoms with E-state index in [0.717, 1.165) is 12.8 Å². The van der Waals surface area contributed by atoms with Gasteiger partial charge in [0.2, 0.25) is 5.91 Å². The van der Waals surface area contributed by atoms with Crippen LogP contribution in [0.2, 0.25) is 0 Å². The molecule has 120 valence electrons. The third kappa shape index (κ3) is 4.59. The number of amides is 1. The van der Waals surface area contributed by atoms with E-state index in [-0.39, 0.29) is 5.91 Å². The number of aliphatic imine (C=N–C) groups is 1. The molecule has 2 aliphatic rings. The lowest BCUT2D eigenvalue weighted by Crippen LogP contribution is -2.46. The normalized spacial score (nSPS) is 24.3. The molecule has 0 atom stereocenters. The lowest BCUT2D eigenvalue weighted by Gasteiger charge is -2.32. The molecule has 2 rings (SSSR count). The summed E-state index contributed by atoms with van der Waals surface area (Å²) in [5.41, 5.74) is 11.0. The van der Waals surface area contributed by atoms with Crippen molar-refractivity contribution in [3.8, 4) is 0 Å². The van der Waals surface area contributed by atoms with Gasteiger partial charge in [0.15, 0.2) is 5.96 Å². The topological polar surface area (TPSA) is 103 Å². The Labute approximate surface area is 126 Å². The summed E-state index contributed by atoms with van der Waals surface area (Å²) < 4.78 is 5.31. The fourth-order valence-corrected chi connectivity index (χ4v) is 3.16. The number of hydrogen-bond acceptors (Lipinski definition) is 3. The Morgan fingerprint density at radius 3 is 2.33 bits per heavy atom. The van der Waals surface area contributed by atoms with Crippen LogP contribution in [0.15, 0.2) is 4.99 Å². The summed E-state index contributed by atoms with van der Waals surface area (Å²) in [5, 5.41) is 3.30. The molecule has 1 saturated heterocycles. The number of ether oxygens (including phenoxy) is 1. The number of carbonyl (C=O) groups excluding carboxylic acids is 1. The average molecular weight is 296 g/mol. The Morgan fingerprint density at radius 1 is 1.14 bits per heavy atom. The fraction of sp³-hybridized carbons (Fsp3) is 0.867. The maximum absolute atomic E-state index is 11.8. The molecule has 0 aromatic rings. The Bertz CT molecular complexity index is 370. The second-order valence-electron chi connectivity index (χ2n) is 6.29. The van der Waals surface area contributed by atoms with Gasteiger partial charge >= 0.3 is 0 Å². The largest absolute Gasteiger partial charge is 0.381 e. The third-order valence-corrected chi connectivity index (χ3v) is 4.73. The van der Waals surface area contributed by atoms with E-state index in [0.29, 0.717) is 44.6 Å². The molecule has 1 aliphatic heterocycles. The number of rotatable bonds is 4. The van der Waals surface area contributed by atoms with E-state index in [2.05, 4.69) is 10.3 Å². The molecule has 1 saturated carbocycles. The maximum Gasteiger partial charge on any atom is 0.225 e. The Kier molecular flexibility index (Phi) is 5.85.